The van der Waals surface area contributed by atoms with E-state index in [1.54, 1.807) is 13.8 Å². The number of Topliss-reactive ketones (excluding diaryl/α,β-unsaturated/α-hetero) is 1. The number of ether oxygens (including phenoxy) is 5. The summed E-state index contributed by atoms with van der Waals surface area (Å²) in [6.07, 6.45) is -1.31. The Morgan fingerprint density at radius 2 is 1.31 bits per heavy atom. The van der Waals surface area contributed by atoms with Gasteiger partial charge in [-0.3, -0.25) is 9.59 Å². The van der Waals surface area contributed by atoms with Crippen LogP contribution in [0.25, 0.3) is 0 Å². The van der Waals surface area contributed by atoms with E-state index in [0.717, 1.165) is 0 Å². The summed E-state index contributed by atoms with van der Waals surface area (Å²) < 4.78 is 40.8. The average molecular weight is 424 g/mol. The van der Waals surface area contributed by atoms with E-state index in [0.29, 0.717) is 46.2 Å². The molecule has 0 radical (unpaired) electrons. The summed E-state index contributed by atoms with van der Waals surface area (Å²) in [6.45, 7) is 11.4. The summed E-state index contributed by atoms with van der Waals surface area (Å²) in [4.78, 5) is 22.2. The molecule has 1 atom stereocenters. The lowest BCUT2D eigenvalue weighted by Gasteiger charge is -2.29. The maximum absolute atomic E-state index is 14.0. The summed E-state index contributed by atoms with van der Waals surface area (Å²) in [5, 5.41) is 2.44. The molecule has 1 unspecified atom stereocenters. The number of halogens is 1. The van der Waals surface area contributed by atoms with Gasteiger partial charge in [0.25, 0.3) is 0 Å². The van der Waals surface area contributed by atoms with Crippen molar-refractivity contribution in [3.63, 3.8) is 0 Å². The molecular weight excluding hydrogens is 385 g/mol. The Hall–Kier alpha value is -1.13. The zero-order valence-corrected chi connectivity index (χ0v) is 18.5. The summed E-state index contributed by atoms with van der Waals surface area (Å²) in [6, 6.07) is 0. The maximum Gasteiger partial charge on any atom is 0.216 e. The molecule has 0 aliphatic heterocycles. The second-order valence-corrected chi connectivity index (χ2v) is 7.37. The lowest BCUT2D eigenvalue weighted by molar-refractivity contribution is -0.127. The SMILES string of the molecule is CC(=O)NCC(F)C(C)(C)OCCOCCOCCOCCOCC(=O)C(C)C. The van der Waals surface area contributed by atoms with Crippen molar-refractivity contribution in [3.05, 3.63) is 0 Å². The van der Waals surface area contributed by atoms with Gasteiger partial charge in [0.05, 0.1) is 65.0 Å². The van der Waals surface area contributed by atoms with Gasteiger partial charge in [0.15, 0.2) is 5.78 Å². The van der Waals surface area contributed by atoms with Crippen molar-refractivity contribution in [2.24, 2.45) is 5.92 Å². The summed E-state index contributed by atoms with van der Waals surface area (Å²) in [5.41, 5.74) is -1.01. The fraction of sp³-hybridized carbons (Fsp3) is 0.900. The highest BCUT2D eigenvalue weighted by molar-refractivity contribution is 5.81. The fourth-order valence-corrected chi connectivity index (χ4v) is 1.93. The van der Waals surface area contributed by atoms with Crippen LogP contribution in [0.1, 0.15) is 34.6 Å². The largest absolute Gasteiger partial charge is 0.377 e. The van der Waals surface area contributed by atoms with E-state index >= 15 is 0 Å². The second-order valence-electron chi connectivity index (χ2n) is 7.37. The van der Waals surface area contributed by atoms with Crippen molar-refractivity contribution in [2.45, 2.75) is 46.4 Å². The van der Waals surface area contributed by atoms with E-state index in [-0.39, 0.29) is 37.4 Å². The third-order valence-corrected chi connectivity index (χ3v) is 3.99. The number of nitrogens with one attached hydrogen (secondary N) is 1. The number of amides is 1. The molecule has 0 aromatic carbocycles. The van der Waals surface area contributed by atoms with E-state index in [2.05, 4.69) is 5.32 Å². The standard InChI is InChI=1S/C20H38FNO7/c1-16(2)18(24)15-28-11-10-26-7-6-25-8-9-27-12-13-29-20(4,5)19(21)14-22-17(3)23/h16,19H,6-15H2,1-5H3,(H,22,23). The highest BCUT2D eigenvalue weighted by Gasteiger charge is 2.30. The molecule has 0 spiro atoms. The predicted octanol–water partition coefficient (Wildman–Crippen LogP) is 1.55. The van der Waals surface area contributed by atoms with Crippen molar-refractivity contribution in [1.82, 2.24) is 5.32 Å². The molecule has 9 heteroatoms. The monoisotopic (exact) mass is 423 g/mol. The van der Waals surface area contributed by atoms with Crippen molar-refractivity contribution >= 4 is 11.7 Å². The molecule has 0 aromatic heterocycles. The lowest BCUT2D eigenvalue weighted by Crippen LogP contribution is -2.44. The molecule has 0 aromatic rings. The normalized spacial score (nSPS) is 12.9. The molecule has 0 aliphatic rings. The molecule has 0 saturated heterocycles. The van der Waals surface area contributed by atoms with Gasteiger partial charge in [-0.1, -0.05) is 13.8 Å². The first-order valence-electron chi connectivity index (χ1n) is 10.0. The second kappa shape index (κ2) is 16.6. The number of carbonyl (C=O) groups is 2. The Morgan fingerprint density at radius 3 is 1.76 bits per heavy atom. The molecule has 0 rings (SSSR count). The van der Waals surface area contributed by atoms with Gasteiger partial charge in [-0.2, -0.15) is 0 Å². The van der Waals surface area contributed by atoms with Crippen molar-refractivity contribution in [2.75, 3.05) is 66.0 Å². The molecule has 0 saturated carbocycles. The number of hydrogen-bond donors (Lipinski definition) is 1. The quantitative estimate of drug-likeness (QED) is 0.315. The van der Waals surface area contributed by atoms with Crippen LogP contribution in [-0.4, -0.2) is 89.5 Å². The van der Waals surface area contributed by atoms with Gasteiger partial charge in [0, 0.05) is 12.8 Å². The van der Waals surface area contributed by atoms with Crippen molar-refractivity contribution < 1.29 is 37.7 Å². The minimum Gasteiger partial charge on any atom is -0.377 e. The Bertz CT molecular complexity index is 447. The van der Waals surface area contributed by atoms with Crippen LogP contribution in [0.5, 0.6) is 0 Å². The number of hydrogen-bond acceptors (Lipinski definition) is 7. The first kappa shape index (κ1) is 27.9. The van der Waals surface area contributed by atoms with Crippen LogP contribution in [0.2, 0.25) is 0 Å². The molecule has 0 bridgehead atoms. The van der Waals surface area contributed by atoms with Crippen LogP contribution >= 0.6 is 0 Å². The number of ketones is 1. The Morgan fingerprint density at radius 1 is 0.862 bits per heavy atom. The van der Waals surface area contributed by atoms with Gasteiger partial charge in [-0.25, -0.2) is 4.39 Å². The first-order valence-corrected chi connectivity index (χ1v) is 10.0. The van der Waals surface area contributed by atoms with Crippen molar-refractivity contribution in [3.8, 4) is 0 Å². The highest BCUT2D eigenvalue weighted by Crippen LogP contribution is 2.17. The van der Waals surface area contributed by atoms with Gasteiger partial charge < -0.3 is 29.0 Å². The average Bonchev–Trinajstić information content (AvgIpc) is 2.65. The van der Waals surface area contributed by atoms with Crippen molar-refractivity contribution in [1.29, 1.82) is 0 Å². The van der Waals surface area contributed by atoms with Gasteiger partial charge in [-0.15, -0.1) is 0 Å². The third-order valence-electron chi connectivity index (χ3n) is 3.99. The summed E-state index contributed by atoms with van der Waals surface area (Å²) >= 11 is 0. The fourth-order valence-electron chi connectivity index (χ4n) is 1.93. The highest BCUT2D eigenvalue weighted by atomic mass is 19.1. The summed E-state index contributed by atoms with van der Waals surface area (Å²) in [5.74, 6) is -0.208. The van der Waals surface area contributed by atoms with Crippen LogP contribution in [0, 0.1) is 5.92 Å². The van der Waals surface area contributed by atoms with Crippen LogP contribution in [0.4, 0.5) is 4.39 Å². The van der Waals surface area contributed by atoms with E-state index in [9.17, 15) is 14.0 Å². The number of rotatable bonds is 19. The van der Waals surface area contributed by atoms with E-state index in [1.807, 2.05) is 13.8 Å². The zero-order valence-electron chi connectivity index (χ0n) is 18.5. The van der Waals surface area contributed by atoms with Crippen LogP contribution < -0.4 is 5.32 Å². The number of alkyl halides is 1. The molecule has 29 heavy (non-hydrogen) atoms. The Kier molecular flexibility index (Phi) is 16.0. The van der Waals surface area contributed by atoms with Crippen LogP contribution in [0.15, 0.2) is 0 Å². The summed E-state index contributed by atoms with van der Waals surface area (Å²) in [7, 11) is 0. The minimum atomic E-state index is -1.31. The number of carbonyl (C=O) groups excluding carboxylic acids is 2. The van der Waals surface area contributed by atoms with Gasteiger partial charge >= 0.3 is 0 Å². The minimum absolute atomic E-state index is 0.0137. The first-order chi connectivity index (χ1) is 13.7. The molecule has 0 aliphatic carbocycles. The third kappa shape index (κ3) is 16.4. The maximum atomic E-state index is 14.0. The van der Waals surface area contributed by atoms with Gasteiger partial charge in [-0.05, 0) is 13.8 Å². The lowest BCUT2D eigenvalue weighted by atomic mass is 10.0. The topological polar surface area (TPSA) is 92.3 Å². The van der Waals surface area contributed by atoms with E-state index in [1.165, 1.54) is 6.92 Å². The van der Waals surface area contributed by atoms with Crippen LogP contribution in [0.3, 0.4) is 0 Å². The zero-order chi connectivity index (χ0) is 22.1. The molecule has 0 fully saturated rings. The Labute approximate surface area is 173 Å². The van der Waals surface area contributed by atoms with Crippen LogP contribution in [-0.2, 0) is 33.3 Å². The molecule has 172 valence electrons. The molecule has 8 nitrogen and oxygen atoms in total. The molecule has 0 heterocycles. The van der Waals surface area contributed by atoms with Gasteiger partial charge in [0.1, 0.15) is 12.8 Å². The van der Waals surface area contributed by atoms with Gasteiger partial charge in [0.2, 0.25) is 5.91 Å². The predicted molar refractivity (Wildman–Crippen MR) is 107 cm³/mol. The molecule has 1 amide bonds. The van der Waals surface area contributed by atoms with E-state index in [4.69, 9.17) is 23.7 Å². The smallest absolute Gasteiger partial charge is 0.216 e. The molecule has 1 N–H and O–H groups in total. The Balaban J connectivity index is 3.43. The molecular formula is C20H38FNO7. The van der Waals surface area contributed by atoms with E-state index < -0.39 is 11.8 Å².